The molecule has 0 aromatic heterocycles. The Balaban J connectivity index is 1.63. The van der Waals surface area contributed by atoms with E-state index in [2.05, 4.69) is 12.2 Å². The Morgan fingerprint density at radius 1 is 1.22 bits per heavy atom. The van der Waals surface area contributed by atoms with Gasteiger partial charge in [0.25, 0.3) is 0 Å². The number of rotatable bonds is 9. The zero-order valence-corrected chi connectivity index (χ0v) is 20.2. The Bertz CT molecular complexity index is 727. The molecule has 3 heterocycles. The van der Waals surface area contributed by atoms with Crippen LogP contribution in [0.1, 0.15) is 71.6 Å². The Kier molecular flexibility index (Phi) is 7.40. The fraction of sp³-hybridized carbons (Fsp3) is 0.875. The number of nitrogens with one attached hydrogen (secondary N) is 1. The summed E-state index contributed by atoms with van der Waals surface area (Å²) in [6.45, 7) is 4.86. The number of hydrogen-bond donors (Lipinski definition) is 2. The van der Waals surface area contributed by atoms with Crippen LogP contribution in [0.3, 0.4) is 0 Å². The minimum atomic E-state index is -0.561. The molecule has 0 aromatic rings. The maximum absolute atomic E-state index is 13.8. The molecule has 3 aliphatic heterocycles. The van der Waals surface area contributed by atoms with Crippen molar-refractivity contribution in [2.45, 2.75) is 93.7 Å². The van der Waals surface area contributed by atoms with Crippen LogP contribution >= 0.6 is 11.8 Å². The highest BCUT2D eigenvalue weighted by molar-refractivity contribution is 8.02. The second kappa shape index (κ2) is 9.92. The number of amides is 2. The van der Waals surface area contributed by atoms with E-state index >= 15 is 0 Å². The van der Waals surface area contributed by atoms with E-state index in [0.717, 1.165) is 44.9 Å². The van der Waals surface area contributed by atoms with Crippen LogP contribution in [-0.4, -0.2) is 69.6 Å². The molecule has 4 fully saturated rings. The molecule has 1 aliphatic carbocycles. The number of likely N-dealkylation sites (tertiary alicyclic amines) is 1. The Hall–Kier alpha value is -1.28. The van der Waals surface area contributed by atoms with Gasteiger partial charge in [-0.3, -0.25) is 14.4 Å². The van der Waals surface area contributed by atoms with Crippen LogP contribution < -0.4 is 5.32 Å². The molecule has 4 aliphatic rings. The maximum atomic E-state index is 13.8. The third-order valence-electron chi connectivity index (χ3n) is 8.06. The first-order valence-corrected chi connectivity index (χ1v) is 13.4. The van der Waals surface area contributed by atoms with E-state index in [1.807, 2.05) is 0 Å². The molecule has 2 amide bonds. The molecule has 180 valence electrons. The molecule has 1 saturated carbocycles. The quantitative estimate of drug-likeness (QED) is 0.400. The summed E-state index contributed by atoms with van der Waals surface area (Å²) >= 11 is 1.71. The third kappa shape index (κ3) is 3.95. The molecule has 1 spiro atoms. The van der Waals surface area contributed by atoms with Gasteiger partial charge in [-0.05, 0) is 51.4 Å². The smallest absolute Gasteiger partial charge is 0.310 e. The average Bonchev–Trinajstić information content (AvgIpc) is 3.36. The van der Waals surface area contributed by atoms with Gasteiger partial charge in [-0.25, -0.2) is 0 Å². The van der Waals surface area contributed by atoms with Crippen molar-refractivity contribution >= 4 is 29.5 Å². The molecule has 4 rings (SSSR count). The molecule has 7 nitrogen and oxygen atoms in total. The Labute approximate surface area is 195 Å². The largest absolute Gasteiger partial charge is 0.466 e. The van der Waals surface area contributed by atoms with E-state index in [0.29, 0.717) is 19.6 Å². The molecule has 2 bridgehead atoms. The average molecular weight is 467 g/mol. The number of esters is 1. The standard InChI is InChI=1S/C24H38N2O5S/c1-3-31-23(30)18-17-14-15(2)24(32-17)19(18)22(29)26(12-8-5-9-13-27)20(24)21(28)25-16-10-6-4-7-11-16/h15-20,27H,3-14H2,1-2H3,(H,25,28)/t15?,17-,18+,19+,20?,24?/m1/s1. The summed E-state index contributed by atoms with van der Waals surface area (Å²) < 4.78 is 4.82. The van der Waals surface area contributed by atoms with Crippen molar-refractivity contribution in [2.24, 2.45) is 17.8 Å². The van der Waals surface area contributed by atoms with Crippen LogP contribution in [0.4, 0.5) is 0 Å². The van der Waals surface area contributed by atoms with E-state index in [4.69, 9.17) is 9.84 Å². The predicted octanol–water partition coefficient (Wildman–Crippen LogP) is 2.50. The van der Waals surface area contributed by atoms with Gasteiger partial charge < -0.3 is 20.1 Å². The van der Waals surface area contributed by atoms with Crippen LogP contribution in [0, 0.1) is 17.8 Å². The van der Waals surface area contributed by atoms with Gasteiger partial charge in [-0.15, -0.1) is 11.8 Å². The monoisotopic (exact) mass is 466 g/mol. The summed E-state index contributed by atoms with van der Waals surface area (Å²) in [6, 6.07) is -0.363. The van der Waals surface area contributed by atoms with Crippen LogP contribution in [0.25, 0.3) is 0 Å². The molecule has 6 atom stereocenters. The molecule has 0 aromatic carbocycles. The van der Waals surface area contributed by atoms with Crippen LogP contribution in [0.15, 0.2) is 0 Å². The number of hydrogen-bond acceptors (Lipinski definition) is 6. The highest BCUT2D eigenvalue weighted by Crippen LogP contribution is 2.68. The van der Waals surface area contributed by atoms with Crippen LogP contribution in [-0.2, 0) is 19.1 Å². The topological polar surface area (TPSA) is 95.9 Å². The van der Waals surface area contributed by atoms with Gasteiger partial charge in [0.15, 0.2) is 0 Å². The molecule has 2 N–H and O–H groups in total. The van der Waals surface area contributed by atoms with Crippen molar-refractivity contribution in [1.29, 1.82) is 0 Å². The maximum Gasteiger partial charge on any atom is 0.310 e. The van der Waals surface area contributed by atoms with Crippen molar-refractivity contribution in [3.8, 4) is 0 Å². The van der Waals surface area contributed by atoms with Crippen molar-refractivity contribution in [1.82, 2.24) is 10.2 Å². The molecule has 0 radical (unpaired) electrons. The number of unbranched alkanes of at least 4 members (excludes halogenated alkanes) is 2. The lowest BCUT2D eigenvalue weighted by molar-refractivity contribution is -0.154. The number of ether oxygens (including phenoxy) is 1. The van der Waals surface area contributed by atoms with E-state index in [-0.39, 0.29) is 41.6 Å². The number of fused-ring (bicyclic) bond motifs is 1. The van der Waals surface area contributed by atoms with Gasteiger partial charge in [0.05, 0.1) is 23.2 Å². The highest BCUT2D eigenvalue weighted by atomic mass is 32.2. The SMILES string of the molecule is CCOC(=O)[C@@H]1[C@H]2C(=O)N(CCCCCO)C(C(=O)NC3CCCCC3)C23S[C@@H]1CC3C. The van der Waals surface area contributed by atoms with E-state index < -0.39 is 22.6 Å². The van der Waals surface area contributed by atoms with Crippen LogP contribution in [0.5, 0.6) is 0 Å². The van der Waals surface area contributed by atoms with Crippen molar-refractivity contribution in [3.63, 3.8) is 0 Å². The first-order valence-electron chi connectivity index (χ1n) is 12.5. The van der Waals surface area contributed by atoms with Gasteiger partial charge in [0, 0.05) is 24.4 Å². The second-order valence-corrected chi connectivity index (χ2v) is 11.5. The molecule has 32 heavy (non-hydrogen) atoms. The summed E-state index contributed by atoms with van der Waals surface area (Å²) in [5.41, 5.74) is 0. The first kappa shape index (κ1) is 23.9. The van der Waals surface area contributed by atoms with Gasteiger partial charge in [-0.2, -0.15) is 0 Å². The zero-order valence-electron chi connectivity index (χ0n) is 19.4. The number of carbonyl (C=O) groups excluding carboxylic acids is 3. The summed E-state index contributed by atoms with van der Waals surface area (Å²) in [5, 5.41) is 12.5. The summed E-state index contributed by atoms with van der Waals surface area (Å²) in [4.78, 5) is 42.2. The highest BCUT2D eigenvalue weighted by Gasteiger charge is 2.76. The van der Waals surface area contributed by atoms with Crippen molar-refractivity contribution in [3.05, 3.63) is 0 Å². The molecular weight excluding hydrogens is 428 g/mol. The van der Waals surface area contributed by atoms with E-state index in [9.17, 15) is 14.4 Å². The van der Waals surface area contributed by atoms with Crippen LogP contribution in [0.2, 0.25) is 0 Å². The third-order valence-corrected chi connectivity index (χ3v) is 10.1. The summed E-state index contributed by atoms with van der Waals surface area (Å²) in [5.74, 6) is -1.15. The molecular formula is C24H38N2O5S. The van der Waals surface area contributed by atoms with Crippen molar-refractivity contribution < 1.29 is 24.2 Å². The Morgan fingerprint density at radius 2 is 1.97 bits per heavy atom. The Morgan fingerprint density at radius 3 is 2.66 bits per heavy atom. The van der Waals surface area contributed by atoms with Gasteiger partial charge in [-0.1, -0.05) is 26.2 Å². The molecule has 3 saturated heterocycles. The lowest BCUT2D eigenvalue weighted by atomic mass is 9.66. The number of carbonyl (C=O) groups is 3. The fourth-order valence-electron chi connectivity index (χ4n) is 6.66. The lowest BCUT2D eigenvalue weighted by Crippen LogP contribution is -2.57. The predicted molar refractivity (Wildman–Crippen MR) is 123 cm³/mol. The number of aliphatic hydroxyl groups is 1. The second-order valence-electron chi connectivity index (χ2n) is 9.96. The minimum Gasteiger partial charge on any atom is -0.466 e. The summed E-state index contributed by atoms with van der Waals surface area (Å²) in [6.07, 6.45) is 8.55. The molecule has 8 heteroatoms. The van der Waals surface area contributed by atoms with Gasteiger partial charge in [0.1, 0.15) is 6.04 Å². The summed E-state index contributed by atoms with van der Waals surface area (Å²) in [7, 11) is 0. The number of nitrogens with zero attached hydrogens (tertiary/aromatic N) is 1. The molecule has 3 unspecified atom stereocenters. The number of aliphatic hydroxyl groups excluding tert-OH is 1. The minimum absolute atomic E-state index is 0.0412. The first-order chi connectivity index (χ1) is 15.5. The number of thioether (sulfide) groups is 1. The van der Waals surface area contributed by atoms with E-state index in [1.54, 1.807) is 23.6 Å². The van der Waals surface area contributed by atoms with Gasteiger partial charge >= 0.3 is 5.97 Å². The van der Waals surface area contributed by atoms with Crippen molar-refractivity contribution in [2.75, 3.05) is 19.8 Å². The van der Waals surface area contributed by atoms with Gasteiger partial charge in [0.2, 0.25) is 11.8 Å². The van der Waals surface area contributed by atoms with E-state index in [1.165, 1.54) is 6.42 Å². The fourth-order valence-corrected chi connectivity index (χ4v) is 9.07. The lowest BCUT2D eigenvalue weighted by Gasteiger charge is -2.39. The normalized spacial score (nSPS) is 36.4. The zero-order chi connectivity index (χ0) is 22.9.